The predicted octanol–water partition coefficient (Wildman–Crippen LogP) is 0.281. The first-order valence-corrected chi connectivity index (χ1v) is 2.63. The fourth-order valence-electron chi connectivity index (χ4n) is 0.529. The highest BCUT2D eigenvalue weighted by molar-refractivity contribution is 5.93. The van der Waals surface area contributed by atoms with Gasteiger partial charge in [0, 0.05) is 6.92 Å². The molecule has 10 heavy (non-hydrogen) atoms. The topological polar surface area (TPSA) is 65.2 Å². The van der Waals surface area contributed by atoms with Crippen molar-refractivity contribution in [2.45, 2.75) is 6.92 Å². The van der Waals surface area contributed by atoms with Crippen molar-refractivity contribution in [1.29, 1.82) is 0 Å². The molecule has 0 atom stereocenters. The molecule has 0 saturated heterocycles. The Labute approximate surface area is 56.9 Å². The number of aromatic nitrogens is 2. The minimum absolute atomic E-state index is 0.127. The zero-order valence-corrected chi connectivity index (χ0v) is 5.62. The summed E-state index contributed by atoms with van der Waals surface area (Å²) >= 11 is 0. The number of ketones is 1. The molecule has 0 amide bonds. The molecule has 1 rings (SSSR count). The van der Waals surface area contributed by atoms with Crippen molar-refractivity contribution in [2.24, 2.45) is 0 Å². The molecule has 0 radical (unpaired) electrons. The summed E-state index contributed by atoms with van der Waals surface area (Å²) in [4.78, 5) is 10.6. The highest BCUT2D eigenvalue weighted by atomic mass is 16.6. The van der Waals surface area contributed by atoms with E-state index in [4.69, 9.17) is 0 Å². The lowest BCUT2D eigenvalue weighted by Crippen LogP contribution is -1.95. The van der Waals surface area contributed by atoms with Gasteiger partial charge >= 0.3 is 0 Å². The first-order valence-electron chi connectivity index (χ1n) is 2.63. The molecule has 5 heteroatoms. The van der Waals surface area contributed by atoms with Gasteiger partial charge in [0.1, 0.15) is 0 Å². The fraction of sp³-hybridized carbons (Fsp3) is 0.400. The van der Waals surface area contributed by atoms with E-state index in [1.165, 1.54) is 14.0 Å². The second kappa shape index (κ2) is 2.47. The number of nitrogens with zero attached hydrogens (tertiary/aromatic N) is 2. The molecule has 0 N–H and O–H groups in total. The molecule has 1 aromatic heterocycles. The summed E-state index contributed by atoms with van der Waals surface area (Å²) in [5, 5.41) is 6.65. The second-order valence-electron chi connectivity index (χ2n) is 1.68. The molecule has 0 spiro atoms. The highest BCUT2D eigenvalue weighted by Gasteiger charge is 2.13. The summed E-state index contributed by atoms with van der Waals surface area (Å²) in [6.45, 7) is 1.36. The number of Topliss-reactive ketones (excluding diaryl/α,β-unsaturated/α-hetero) is 1. The van der Waals surface area contributed by atoms with Crippen LogP contribution in [0.4, 0.5) is 0 Å². The normalized spacial score (nSPS) is 9.40. The smallest absolute Gasteiger partial charge is 0.286 e. The van der Waals surface area contributed by atoms with Crippen LogP contribution in [0.1, 0.15) is 17.4 Å². The standard InChI is InChI=1S/C5H6N2O3/c1-3(8)4-5(9-2)7-10-6-4/h1-2H3. The van der Waals surface area contributed by atoms with Crippen LogP contribution in [0.15, 0.2) is 4.63 Å². The van der Waals surface area contributed by atoms with E-state index >= 15 is 0 Å². The molecule has 0 fully saturated rings. The van der Waals surface area contributed by atoms with Crippen LogP contribution in [0.5, 0.6) is 5.88 Å². The number of hydrogen-bond donors (Lipinski definition) is 0. The van der Waals surface area contributed by atoms with E-state index < -0.39 is 0 Å². The van der Waals surface area contributed by atoms with Crippen LogP contribution in [0.25, 0.3) is 0 Å². The lowest BCUT2D eigenvalue weighted by atomic mass is 10.3. The van der Waals surface area contributed by atoms with Crippen molar-refractivity contribution in [1.82, 2.24) is 10.3 Å². The molecule has 0 unspecified atom stereocenters. The largest absolute Gasteiger partial charge is 0.477 e. The summed E-state index contributed by atoms with van der Waals surface area (Å²) in [5.74, 6) is -0.0920. The zero-order chi connectivity index (χ0) is 7.56. The Morgan fingerprint density at radius 2 is 2.30 bits per heavy atom. The van der Waals surface area contributed by atoms with Crippen molar-refractivity contribution in [3.05, 3.63) is 5.69 Å². The van der Waals surface area contributed by atoms with Crippen LogP contribution in [-0.2, 0) is 0 Å². The van der Waals surface area contributed by atoms with E-state index in [9.17, 15) is 4.79 Å². The molecule has 0 aromatic carbocycles. The Bertz CT molecular complexity index is 243. The Kier molecular flexibility index (Phi) is 1.66. The van der Waals surface area contributed by atoms with Crippen LogP contribution in [0, 0.1) is 0 Å². The molecule has 0 bridgehead atoms. The van der Waals surface area contributed by atoms with Crippen LogP contribution in [0.2, 0.25) is 0 Å². The Hall–Kier alpha value is -1.39. The SMILES string of the molecule is COc1nonc1C(C)=O. The van der Waals surface area contributed by atoms with E-state index in [1.807, 2.05) is 0 Å². The molecule has 1 aromatic rings. The van der Waals surface area contributed by atoms with Crippen LogP contribution >= 0.6 is 0 Å². The molecular weight excluding hydrogens is 136 g/mol. The van der Waals surface area contributed by atoms with Crippen molar-refractivity contribution in [3.63, 3.8) is 0 Å². The van der Waals surface area contributed by atoms with Gasteiger partial charge in [-0.1, -0.05) is 0 Å². The maximum absolute atomic E-state index is 10.6. The average molecular weight is 142 g/mol. The van der Waals surface area contributed by atoms with Crippen LogP contribution in [0.3, 0.4) is 0 Å². The van der Waals surface area contributed by atoms with Crippen LogP contribution < -0.4 is 4.74 Å². The summed E-state index contributed by atoms with van der Waals surface area (Å²) < 4.78 is 8.91. The van der Waals surface area contributed by atoms with E-state index in [0.29, 0.717) is 0 Å². The molecule has 5 nitrogen and oxygen atoms in total. The van der Waals surface area contributed by atoms with E-state index in [0.717, 1.165) is 0 Å². The molecule has 54 valence electrons. The van der Waals surface area contributed by atoms with Crippen molar-refractivity contribution >= 4 is 5.78 Å². The van der Waals surface area contributed by atoms with Gasteiger partial charge in [-0.3, -0.25) is 4.79 Å². The number of ether oxygens (including phenoxy) is 1. The molecule has 0 aliphatic heterocycles. The molecule has 1 heterocycles. The van der Waals surface area contributed by atoms with Gasteiger partial charge in [0.2, 0.25) is 5.69 Å². The Morgan fingerprint density at radius 3 is 2.70 bits per heavy atom. The van der Waals surface area contributed by atoms with E-state index in [1.54, 1.807) is 0 Å². The third-order valence-corrected chi connectivity index (χ3v) is 0.985. The Balaban J connectivity index is 3.01. The van der Waals surface area contributed by atoms with Crippen molar-refractivity contribution < 1.29 is 14.2 Å². The van der Waals surface area contributed by atoms with E-state index in [2.05, 4.69) is 19.7 Å². The van der Waals surface area contributed by atoms with Gasteiger partial charge in [-0.25, -0.2) is 4.63 Å². The number of rotatable bonds is 2. The Morgan fingerprint density at radius 1 is 1.60 bits per heavy atom. The lowest BCUT2D eigenvalue weighted by Gasteiger charge is -1.89. The minimum atomic E-state index is -0.224. The minimum Gasteiger partial charge on any atom is -0.477 e. The third kappa shape index (κ3) is 0.975. The van der Waals surface area contributed by atoms with Crippen molar-refractivity contribution in [3.8, 4) is 5.88 Å². The molecular formula is C5H6N2O3. The number of carbonyl (C=O) groups excluding carboxylic acids is 1. The third-order valence-electron chi connectivity index (χ3n) is 0.985. The van der Waals surface area contributed by atoms with Gasteiger partial charge < -0.3 is 4.74 Å². The molecule has 0 saturated carbocycles. The van der Waals surface area contributed by atoms with E-state index in [-0.39, 0.29) is 17.4 Å². The number of hydrogen-bond acceptors (Lipinski definition) is 5. The van der Waals surface area contributed by atoms with Gasteiger partial charge in [0.25, 0.3) is 5.88 Å². The molecule has 0 aliphatic carbocycles. The van der Waals surface area contributed by atoms with Gasteiger partial charge in [-0.2, -0.15) is 0 Å². The summed E-state index contributed by atoms with van der Waals surface area (Å²) in [6.07, 6.45) is 0. The van der Waals surface area contributed by atoms with Gasteiger partial charge in [-0.15, -0.1) is 0 Å². The fourth-order valence-corrected chi connectivity index (χ4v) is 0.529. The van der Waals surface area contributed by atoms with Gasteiger partial charge in [0.15, 0.2) is 5.78 Å². The number of carbonyl (C=O) groups is 1. The number of methoxy groups -OCH3 is 1. The summed E-state index contributed by atoms with van der Waals surface area (Å²) in [6, 6.07) is 0. The molecule has 0 aliphatic rings. The monoisotopic (exact) mass is 142 g/mol. The van der Waals surface area contributed by atoms with Gasteiger partial charge in [0.05, 0.1) is 7.11 Å². The zero-order valence-electron chi connectivity index (χ0n) is 5.62. The predicted molar refractivity (Wildman–Crippen MR) is 30.9 cm³/mol. The quantitative estimate of drug-likeness (QED) is 0.555. The second-order valence-corrected chi connectivity index (χ2v) is 1.68. The lowest BCUT2D eigenvalue weighted by molar-refractivity contribution is 0.100. The first-order chi connectivity index (χ1) is 4.75. The van der Waals surface area contributed by atoms with Crippen LogP contribution in [-0.4, -0.2) is 23.2 Å². The summed E-state index contributed by atoms with van der Waals surface area (Å²) in [7, 11) is 1.39. The maximum Gasteiger partial charge on any atom is 0.286 e. The average Bonchev–Trinajstić information content (AvgIpc) is 2.33. The highest BCUT2D eigenvalue weighted by Crippen LogP contribution is 2.10. The summed E-state index contributed by atoms with van der Waals surface area (Å²) in [5.41, 5.74) is 0.127. The first kappa shape index (κ1) is 6.73. The maximum atomic E-state index is 10.6. The van der Waals surface area contributed by atoms with Crippen molar-refractivity contribution in [2.75, 3.05) is 7.11 Å². The van der Waals surface area contributed by atoms with Gasteiger partial charge in [-0.05, 0) is 10.3 Å².